The van der Waals surface area contributed by atoms with Gasteiger partial charge in [-0.3, -0.25) is 0 Å². The number of anilines is 1. The Balaban J connectivity index is 2.14. The number of likely N-dealkylation sites (tertiary alicyclic amines) is 1. The number of hydrogen-bond donors (Lipinski definition) is 1. The summed E-state index contributed by atoms with van der Waals surface area (Å²) in [6, 6.07) is 6.20. The molecule has 1 aliphatic heterocycles. The second-order valence-electron chi connectivity index (χ2n) is 5.55. The van der Waals surface area contributed by atoms with Gasteiger partial charge in [-0.1, -0.05) is 13.0 Å². The van der Waals surface area contributed by atoms with Crippen molar-refractivity contribution in [1.82, 2.24) is 4.90 Å². The van der Waals surface area contributed by atoms with Crippen LogP contribution in [0.15, 0.2) is 24.3 Å². The van der Waals surface area contributed by atoms with Gasteiger partial charge in [-0.25, -0.2) is 9.18 Å². The number of nitrogens with one attached hydrogen (secondary N) is 1. The predicted octanol–water partition coefficient (Wildman–Crippen LogP) is 2.66. The lowest BCUT2D eigenvalue weighted by atomic mass is 9.87. The average Bonchev–Trinajstić information content (AvgIpc) is 2.49. The molecule has 2 rings (SSSR count). The maximum atomic E-state index is 13.3. The number of carbonyl (C=O) groups excluding carboxylic acids is 1. The molecule has 4 nitrogen and oxygen atoms in total. The molecule has 1 fully saturated rings. The number of benzene rings is 1. The minimum absolute atomic E-state index is 0.275. The topological polar surface area (TPSA) is 41.6 Å². The van der Waals surface area contributed by atoms with Gasteiger partial charge in [0.15, 0.2) is 0 Å². The Labute approximate surface area is 125 Å². The zero-order valence-corrected chi connectivity index (χ0v) is 12.7. The van der Waals surface area contributed by atoms with E-state index in [1.165, 1.54) is 19.2 Å². The van der Waals surface area contributed by atoms with Crippen LogP contribution in [-0.4, -0.2) is 43.2 Å². The molecule has 1 saturated heterocycles. The Bertz CT molecular complexity index is 485. The van der Waals surface area contributed by atoms with E-state index in [0.717, 1.165) is 26.1 Å². The highest BCUT2D eigenvalue weighted by Gasteiger charge is 2.42. The minimum Gasteiger partial charge on any atom is -0.467 e. The Morgan fingerprint density at radius 3 is 2.71 bits per heavy atom. The summed E-state index contributed by atoms with van der Waals surface area (Å²) in [6.45, 7) is 4.86. The van der Waals surface area contributed by atoms with Crippen LogP contribution < -0.4 is 5.32 Å². The number of piperidine rings is 1. The second kappa shape index (κ2) is 6.89. The van der Waals surface area contributed by atoms with Gasteiger partial charge in [-0.2, -0.15) is 0 Å². The lowest BCUT2D eigenvalue weighted by Gasteiger charge is -2.40. The minimum atomic E-state index is -0.757. The van der Waals surface area contributed by atoms with Crippen LogP contribution in [0.5, 0.6) is 0 Å². The van der Waals surface area contributed by atoms with Crippen molar-refractivity contribution in [1.29, 1.82) is 0 Å². The van der Waals surface area contributed by atoms with Gasteiger partial charge in [0, 0.05) is 18.8 Å². The average molecular weight is 294 g/mol. The van der Waals surface area contributed by atoms with Crippen molar-refractivity contribution in [2.75, 3.05) is 32.1 Å². The lowest BCUT2D eigenvalue weighted by Crippen LogP contribution is -2.55. The van der Waals surface area contributed by atoms with Gasteiger partial charge >= 0.3 is 5.97 Å². The monoisotopic (exact) mass is 294 g/mol. The first-order chi connectivity index (χ1) is 10.1. The highest BCUT2D eigenvalue weighted by molar-refractivity contribution is 5.84. The number of hydrogen-bond acceptors (Lipinski definition) is 4. The first-order valence-electron chi connectivity index (χ1n) is 7.44. The quantitative estimate of drug-likeness (QED) is 0.848. The predicted molar refractivity (Wildman–Crippen MR) is 80.7 cm³/mol. The molecule has 0 atom stereocenters. The first kappa shape index (κ1) is 15.8. The van der Waals surface area contributed by atoms with E-state index in [1.54, 1.807) is 12.1 Å². The molecule has 1 N–H and O–H groups in total. The number of halogens is 1. The van der Waals surface area contributed by atoms with E-state index in [1.807, 2.05) is 0 Å². The molecule has 0 spiro atoms. The van der Waals surface area contributed by atoms with E-state index >= 15 is 0 Å². The summed E-state index contributed by atoms with van der Waals surface area (Å²) < 4.78 is 18.3. The van der Waals surface area contributed by atoms with E-state index in [2.05, 4.69) is 17.1 Å². The lowest BCUT2D eigenvalue weighted by molar-refractivity contribution is -0.147. The first-order valence-corrected chi connectivity index (χ1v) is 7.44. The van der Waals surface area contributed by atoms with E-state index in [4.69, 9.17) is 4.74 Å². The fourth-order valence-corrected chi connectivity index (χ4v) is 2.89. The van der Waals surface area contributed by atoms with Crippen LogP contribution in [0, 0.1) is 5.82 Å². The number of nitrogens with zero attached hydrogens (tertiary/aromatic N) is 1. The van der Waals surface area contributed by atoms with Crippen molar-refractivity contribution >= 4 is 11.7 Å². The normalized spacial score (nSPS) is 18.2. The van der Waals surface area contributed by atoms with Gasteiger partial charge in [0.1, 0.15) is 11.4 Å². The van der Waals surface area contributed by atoms with E-state index in [9.17, 15) is 9.18 Å². The molecule has 0 radical (unpaired) electrons. The smallest absolute Gasteiger partial charge is 0.331 e. The third-order valence-corrected chi connectivity index (χ3v) is 4.03. The Morgan fingerprint density at radius 1 is 1.43 bits per heavy atom. The molecular weight excluding hydrogens is 271 g/mol. The number of esters is 1. The summed E-state index contributed by atoms with van der Waals surface area (Å²) in [4.78, 5) is 14.6. The van der Waals surface area contributed by atoms with Crippen molar-refractivity contribution in [3.8, 4) is 0 Å². The van der Waals surface area contributed by atoms with Crippen LogP contribution in [0.4, 0.5) is 10.1 Å². The van der Waals surface area contributed by atoms with Gasteiger partial charge < -0.3 is 15.0 Å². The Kier molecular flexibility index (Phi) is 5.17. The van der Waals surface area contributed by atoms with Gasteiger partial charge in [-0.05, 0) is 44.0 Å². The molecule has 0 saturated carbocycles. The summed E-state index contributed by atoms with van der Waals surface area (Å²) in [5.74, 6) is -0.591. The summed E-state index contributed by atoms with van der Waals surface area (Å²) in [7, 11) is 1.40. The van der Waals surface area contributed by atoms with E-state index < -0.39 is 5.54 Å². The van der Waals surface area contributed by atoms with Crippen molar-refractivity contribution in [2.45, 2.75) is 31.7 Å². The molecule has 1 aromatic rings. The summed E-state index contributed by atoms with van der Waals surface area (Å²) in [5, 5.41) is 3.21. The van der Waals surface area contributed by atoms with Crippen LogP contribution in [-0.2, 0) is 9.53 Å². The third-order valence-electron chi connectivity index (χ3n) is 4.03. The molecule has 0 amide bonds. The van der Waals surface area contributed by atoms with Crippen molar-refractivity contribution in [3.63, 3.8) is 0 Å². The highest BCUT2D eigenvalue weighted by atomic mass is 19.1. The van der Waals surface area contributed by atoms with Crippen LogP contribution in [0.2, 0.25) is 0 Å². The summed E-state index contributed by atoms with van der Waals surface area (Å²) >= 11 is 0. The fourth-order valence-electron chi connectivity index (χ4n) is 2.89. The van der Waals surface area contributed by atoms with E-state index in [-0.39, 0.29) is 11.8 Å². The van der Waals surface area contributed by atoms with E-state index in [0.29, 0.717) is 18.5 Å². The molecule has 116 valence electrons. The number of carbonyl (C=O) groups is 1. The molecule has 0 unspecified atom stereocenters. The maximum absolute atomic E-state index is 13.3. The fraction of sp³-hybridized carbons (Fsp3) is 0.562. The molecule has 1 heterocycles. The molecule has 0 aromatic heterocycles. The summed E-state index contributed by atoms with van der Waals surface area (Å²) in [5.41, 5.74) is -0.142. The van der Waals surface area contributed by atoms with Crippen LogP contribution in [0.25, 0.3) is 0 Å². The third kappa shape index (κ3) is 3.73. The van der Waals surface area contributed by atoms with Crippen LogP contribution in [0.3, 0.4) is 0 Å². The van der Waals surface area contributed by atoms with Crippen molar-refractivity contribution in [3.05, 3.63) is 30.1 Å². The Hall–Kier alpha value is -1.62. The number of rotatable bonds is 5. The van der Waals surface area contributed by atoms with Crippen LogP contribution in [0.1, 0.15) is 26.2 Å². The van der Waals surface area contributed by atoms with Gasteiger partial charge in [0.05, 0.1) is 7.11 Å². The molecule has 5 heteroatoms. The van der Waals surface area contributed by atoms with Gasteiger partial charge in [0.25, 0.3) is 0 Å². The molecule has 0 aliphatic carbocycles. The number of methoxy groups -OCH3 is 1. The van der Waals surface area contributed by atoms with Gasteiger partial charge in [-0.15, -0.1) is 0 Å². The number of ether oxygens (including phenoxy) is 1. The second-order valence-corrected chi connectivity index (χ2v) is 5.55. The highest BCUT2D eigenvalue weighted by Crippen LogP contribution is 2.28. The van der Waals surface area contributed by atoms with Crippen LogP contribution >= 0.6 is 0 Å². The molecule has 1 aromatic carbocycles. The Morgan fingerprint density at radius 2 is 2.14 bits per heavy atom. The molecule has 21 heavy (non-hydrogen) atoms. The zero-order chi connectivity index (χ0) is 15.3. The standard InChI is InChI=1S/C16H23FN2O2/c1-3-9-19-10-7-16(8-11-19,15(20)21-2)18-14-6-4-5-13(17)12-14/h4-6,12,18H,3,7-11H2,1-2H3. The molecule has 1 aliphatic rings. The zero-order valence-electron chi connectivity index (χ0n) is 12.7. The SMILES string of the molecule is CCCN1CCC(Nc2cccc(F)c2)(C(=O)OC)CC1. The molecular formula is C16H23FN2O2. The molecule has 0 bridgehead atoms. The van der Waals surface area contributed by atoms with Crippen molar-refractivity contribution < 1.29 is 13.9 Å². The van der Waals surface area contributed by atoms with Gasteiger partial charge in [0.2, 0.25) is 0 Å². The van der Waals surface area contributed by atoms with Crippen molar-refractivity contribution in [2.24, 2.45) is 0 Å². The summed E-state index contributed by atoms with van der Waals surface area (Å²) in [6.07, 6.45) is 2.43. The maximum Gasteiger partial charge on any atom is 0.331 e. The largest absolute Gasteiger partial charge is 0.467 e.